The highest BCUT2D eigenvalue weighted by Crippen LogP contribution is 2.61. The van der Waals surface area contributed by atoms with Gasteiger partial charge in [0.05, 0.1) is 23.5 Å². The van der Waals surface area contributed by atoms with E-state index in [0.29, 0.717) is 23.9 Å². The molecule has 0 radical (unpaired) electrons. The lowest BCUT2D eigenvalue weighted by atomic mass is 9.48. The van der Waals surface area contributed by atoms with Crippen LogP contribution >= 0.6 is 0 Å². The van der Waals surface area contributed by atoms with Gasteiger partial charge in [0.15, 0.2) is 6.61 Å². The molecule has 5 rings (SSSR count). The minimum atomic E-state index is -0.778. The molecule has 1 aromatic carbocycles. The van der Waals surface area contributed by atoms with Gasteiger partial charge in [-0.15, -0.1) is 0 Å². The Morgan fingerprint density at radius 2 is 1.86 bits per heavy atom. The lowest BCUT2D eigenvalue weighted by Gasteiger charge is -2.58. The Hall–Kier alpha value is -2.46. The van der Waals surface area contributed by atoms with E-state index in [1.165, 1.54) is 29.2 Å². The average Bonchev–Trinajstić information content (AvgIpc) is 2.65. The summed E-state index contributed by atoms with van der Waals surface area (Å²) in [4.78, 5) is 27.0. The molecule has 2 unspecified atom stereocenters. The molecule has 1 N–H and O–H groups in total. The normalized spacial score (nSPS) is 31.9. The van der Waals surface area contributed by atoms with Crippen molar-refractivity contribution in [3.63, 3.8) is 0 Å². The van der Waals surface area contributed by atoms with Crippen molar-refractivity contribution in [3.05, 3.63) is 30.1 Å². The van der Waals surface area contributed by atoms with Crippen molar-refractivity contribution in [2.45, 2.75) is 50.5 Å². The van der Waals surface area contributed by atoms with Gasteiger partial charge in [-0.05, 0) is 74.6 Å². The zero-order chi connectivity index (χ0) is 20.6. The molecule has 154 valence electrons. The van der Waals surface area contributed by atoms with Crippen molar-refractivity contribution >= 4 is 17.6 Å². The number of nitrogens with zero attached hydrogens (tertiary/aromatic N) is 2. The molecule has 7 heteroatoms. The maximum absolute atomic E-state index is 13.2. The third-order valence-electron chi connectivity index (χ3n) is 6.68. The Bertz CT molecular complexity index is 833. The van der Waals surface area contributed by atoms with Crippen LogP contribution in [-0.4, -0.2) is 35.7 Å². The zero-order valence-corrected chi connectivity index (χ0v) is 16.3. The number of ether oxygens (including phenoxy) is 1. The van der Waals surface area contributed by atoms with E-state index in [0.717, 1.165) is 32.1 Å². The van der Waals surface area contributed by atoms with Crippen molar-refractivity contribution < 1.29 is 23.8 Å². The van der Waals surface area contributed by atoms with Gasteiger partial charge in [-0.2, -0.15) is 5.26 Å². The quantitative estimate of drug-likeness (QED) is 0.742. The molecule has 0 aliphatic heterocycles. The highest BCUT2D eigenvalue weighted by molar-refractivity contribution is 5.95. The van der Waals surface area contributed by atoms with Gasteiger partial charge >= 0.3 is 5.97 Å². The Labute approximate surface area is 169 Å². The number of esters is 1. The van der Waals surface area contributed by atoms with Crippen LogP contribution in [0.2, 0.25) is 0 Å². The number of nitriles is 1. The summed E-state index contributed by atoms with van der Waals surface area (Å²) in [5.74, 6) is -0.597. The first-order valence-electron chi connectivity index (χ1n) is 10.1. The fourth-order valence-corrected chi connectivity index (χ4v) is 5.99. The van der Waals surface area contributed by atoms with Crippen LogP contribution in [-0.2, 0) is 14.3 Å². The molecular weight excluding hydrogens is 375 g/mol. The molecule has 0 spiro atoms. The summed E-state index contributed by atoms with van der Waals surface area (Å²) in [6.07, 6.45) is 4.52. The molecule has 0 aromatic heterocycles. The second-order valence-electron chi connectivity index (χ2n) is 8.97. The molecule has 29 heavy (non-hydrogen) atoms. The Morgan fingerprint density at radius 3 is 2.45 bits per heavy atom. The van der Waals surface area contributed by atoms with E-state index >= 15 is 0 Å². The van der Waals surface area contributed by atoms with Gasteiger partial charge in [-0.3, -0.25) is 9.59 Å². The molecule has 4 bridgehead atoms. The summed E-state index contributed by atoms with van der Waals surface area (Å²) in [5.41, 5.74) is -1.01. The molecule has 6 nitrogen and oxygen atoms in total. The summed E-state index contributed by atoms with van der Waals surface area (Å²) < 4.78 is 18.6. The number of aliphatic hydroxyl groups is 1. The molecule has 1 amide bonds. The molecule has 0 heterocycles. The lowest BCUT2D eigenvalue weighted by molar-refractivity contribution is -0.196. The zero-order valence-electron chi connectivity index (χ0n) is 16.3. The van der Waals surface area contributed by atoms with Crippen LogP contribution in [0.5, 0.6) is 0 Å². The standard InChI is InChI=1S/C22H25FN2O4/c23-17-2-4-18(5-3-17)25(7-1-6-24)19(26)13-29-20(27)21-9-15-8-16(10-21)12-22(28,11-15)14-21/h2-5,15-16,28H,1,7-14H2/t15-,16+,21?,22?. The van der Waals surface area contributed by atoms with Crippen molar-refractivity contribution in [1.82, 2.24) is 0 Å². The van der Waals surface area contributed by atoms with Crippen LogP contribution in [0.15, 0.2) is 24.3 Å². The lowest BCUT2D eigenvalue weighted by Crippen LogP contribution is -2.58. The van der Waals surface area contributed by atoms with E-state index in [4.69, 9.17) is 10.00 Å². The van der Waals surface area contributed by atoms with E-state index in [2.05, 4.69) is 0 Å². The molecule has 4 atom stereocenters. The number of hydrogen-bond donors (Lipinski definition) is 1. The number of rotatable bonds is 6. The molecule has 1 aromatic rings. The Morgan fingerprint density at radius 1 is 1.21 bits per heavy atom. The Kier molecular flexibility index (Phi) is 5.07. The number of hydrogen-bond acceptors (Lipinski definition) is 5. The summed E-state index contributed by atoms with van der Waals surface area (Å²) >= 11 is 0. The SMILES string of the molecule is N#CCCN(C(=O)COC(=O)C12C[C@@H]3C[C@@H](CC(O)(C3)C1)C2)c1ccc(F)cc1. The van der Waals surface area contributed by atoms with Crippen molar-refractivity contribution in [3.8, 4) is 6.07 Å². The largest absolute Gasteiger partial charge is 0.455 e. The van der Waals surface area contributed by atoms with Crippen LogP contribution in [0.3, 0.4) is 0 Å². The summed E-state index contributed by atoms with van der Waals surface area (Å²) in [7, 11) is 0. The van der Waals surface area contributed by atoms with E-state index < -0.39 is 35.3 Å². The van der Waals surface area contributed by atoms with Crippen molar-refractivity contribution in [2.24, 2.45) is 17.3 Å². The minimum Gasteiger partial charge on any atom is -0.455 e. The number of anilines is 1. The van der Waals surface area contributed by atoms with Gasteiger partial charge in [-0.1, -0.05) is 0 Å². The number of carbonyl (C=O) groups is 2. The predicted molar refractivity (Wildman–Crippen MR) is 102 cm³/mol. The third kappa shape index (κ3) is 3.86. The highest BCUT2D eigenvalue weighted by atomic mass is 19.1. The smallest absolute Gasteiger partial charge is 0.312 e. The maximum Gasteiger partial charge on any atom is 0.312 e. The van der Waals surface area contributed by atoms with Crippen LogP contribution in [0, 0.1) is 34.4 Å². The van der Waals surface area contributed by atoms with E-state index in [9.17, 15) is 19.1 Å². The van der Waals surface area contributed by atoms with Gasteiger partial charge in [0.1, 0.15) is 5.82 Å². The number of halogens is 1. The van der Waals surface area contributed by atoms with Crippen LogP contribution in [0.1, 0.15) is 44.9 Å². The fraction of sp³-hybridized carbons (Fsp3) is 0.591. The minimum absolute atomic E-state index is 0.109. The summed E-state index contributed by atoms with van der Waals surface area (Å²) in [5, 5.41) is 19.7. The molecule has 4 aliphatic rings. The summed E-state index contributed by atoms with van der Waals surface area (Å²) in [6, 6.07) is 7.39. The Balaban J connectivity index is 1.43. The highest BCUT2D eigenvalue weighted by Gasteiger charge is 2.60. The van der Waals surface area contributed by atoms with E-state index in [-0.39, 0.29) is 13.0 Å². The average molecular weight is 400 g/mol. The number of amides is 1. The predicted octanol–water partition coefficient (Wildman–Crippen LogP) is 2.95. The third-order valence-corrected chi connectivity index (χ3v) is 6.68. The van der Waals surface area contributed by atoms with E-state index in [1.807, 2.05) is 6.07 Å². The van der Waals surface area contributed by atoms with Crippen LogP contribution in [0.4, 0.5) is 10.1 Å². The molecular formula is C22H25FN2O4. The van der Waals surface area contributed by atoms with Gasteiger partial charge in [0, 0.05) is 12.2 Å². The van der Waals surface area contributed by atoms with Gasteiger partial charge in [0.25, 0.3) is 5.91 Å². The number of carbonyl (C=O) groups excluding carboxylic acids is 2. The first-order chi connectivity index (χ1) is 13.8. The second-order valence-corrected chi connectivity index (χ2v) is 8.97. The van der Waals surface area contributed by atoms with Crippen molar-refractivity contribution in [2.75, 3.05) is 18.1 Å². The molecule has 0 saturated heterocycles. The van der Waals surface area contributed by atoms with Crippen LogP contribution < -0.4 is 4.90 Å². The van der Waals surface area contributed by atoms with Crippen LogP contribution in [0.25, 0.3) is 0 Å². The molecule has 4 aliphatic carbocycles. The molecule has 4 saturated carbocycles. The second kappa shape index (κ2) is 7.42. The fourth-order valence-electron chi connectivity index (χ4n) is 5.99. The van der Waals surface area contributed by atoms with Crippen molar-refractivity contribution in [1.29, 1.82) is 5.26 Å². The summed E-state index contributed by atoms with van der Waals surface area (Å²) in [6.45, 7) is -0.301. The van der Waals surface area contributed by atoms with Gasteiger partial charge in [-0.25, -0.2) is 4.39 Å². The van der Waals surface area contributed by atoms with E-state index in [1.54, 1.807) is 0 Å². The molecule has 4 fully saturated rings. The van der Waals surface area contributed by atoms with Gasteiger partial charge < -0.3 is 14.7 Å². The topological polar surface area (TPSA) is 90.6 Å². The first kappa shape index (κ1) is 19.8. The van der Waals surface area contributed by atoms with Gasteiger partial charge in [0.2, 0.25) is 0 Å². The first-order valence-corrected chi connectivity index (χ1v) is 10.1. The maximum atomic E-state index is 13.2. The monoisotopic (exact) mass is 400 g/mol. The number of benzene rings is 1.